The molecule has 0 saturated carbocycles. The molecule has 0 spiro atoms. The van der Waals surface area contributed by atoms with Crippen molar-refractivity contribution in [2.75, 3.05) is 20.3 Å². The van der Waals surface area contributed by atoms with E-state index in [0.717, 1.165) is 19.6 Å². The van der Waals surface area contributed by atoms with Gasteiger partial charge in [-0.1, -0.05) is 43.7 Å². The van der Waals surface area contributed by atoms with Gasteiger partial charge < -0.3 is 10.1 Å². The highest BCUT2D eigenvalue weighted by molar-refractivity contribution is 5.23. The summed E-state index contributed by atoms with van der Waals surface area (Å²) in [6.45, 7) is 8.58. The van der Waals surface area contributed by atoms with Crippen molar-refractivity contribution >= 4 is 0 Å². The monoisotopic (exact) mass is 263 g/mol. The molecular weight excluding hydrogens is 234 g/mol. The molecule has 0 saturated heterocycles. The van der Waals surface area contributed by atoms with E-state index in [4.69, 9.17) is 4.74 Å². The fourth-order valence-electron chi connectivity index (χ4n) is 2.55. The molecule has 0 aromatic heterocycles. The molecule has 2 nitrogen and oxygen atoms in total. The Morgan fingerprint density at radius 3 is 2.74 bits per heavy atom. The molecule has 0 bridgehead atoms. The highest BCUT2D eigenvalue weighted by Gasteiger charge is 2.13. The van der Waals surface area contributed by atoms with Gasteiger partial charge in [-0.15, -0.1) is 0 Å². The van der Waals surface area contributed by atoms with Crippen LogP contribution in [0.25, 0.3) is 0 Å². The number of hydrogen-bond donors (Lipinski definition) is 1. The van der Waals surface area contributed by atoms with Crippen LogP contribution < -0.4 is 5.32 Å². The maximum absolute atomic E-state index is 5.25. The molecule has 2 heteroatoms. The topological polar surface area (TPSA) is 21.3 Å². The Balaban J connectivity index is 2.57. The van der Waals surface area contributed by atoms with Gasteiger partial charge in [0.05, 0.1) is 0 Å². The molecule has 1 N–H and O–H groups in total. The van der Waals surface area contributed by atoms with Crippen molar-refractivity contribution in [3.05, 3.63) is 35.4 Å². The zero-order chi connectivity index (χ0) is 14.1. The summed E-state index contributed by atoms with van der Waals surface area (Å²) in [5, 5.41) is 3.67. The van der Waals surface area contributed by atoms with Crippen molar-refractivity contribution < 1.29 is 4.74 Å². The van der Waals surface area contributed by atoms with E-state index < -0.39 is 0 Å². The van der Waals surface area contributed by atoms with Crippen LogP contribution >= 0.6 is 0 Å². The molecule has 1 rings (SSSR count). The third-order valence-corrected chi connectivity index (χ3v) is 3.39. The Kier molecular flexibility index (Phi) is 7.76. The minimum absolute atomic E-state index is 0.548. The van der Waals surface area contributed by atoms with E-state index in [9.17, 15) is 0 Å². The van der Waals surface area contributed by atoms with E-state index in [1.54, 1.807) is 7.11 Å². The van der Waals surface area contributed by atoms with Crippen LogP contribution in [-0.4, -0.2) is 26.3 Å². The average Bonchev–Trinajstić information content (AvgIpc) is 2.36. The molecule has 0 aliphatic heterocycles. The number of hydrogen-bond acceptors (Lipinski definition) is 2. The molecule has 0 fully saturated rings. The molecule has 0 aliphatic rings. The second-order valence-corrected chi connectivity index (χ2v) is 5.64. The van der Waals surface area contributed by atoms with Gasteiger partial charge in [0.25, 0.3) is 0 Å². The van der Waals surface area contributed by atoms with Crippen molar-refractivity contribution in [2.24, 2.45) is 5.92 Å². The predicted octanol–water partition coefficient (Wildman–Crippen LogP) is 3.58. The summed E-state index contributed by atoms with van der Waals surface area (Å²) in [7, 11) is 1.78. The van der Waals surface area contributed by atoms with E-state index in [1.165, 1.54) is 24.0 Å². The van der Waals surface area contributed by atoms with Crippen molar-refractivity contribution in [1.29, 1.82) is 0 Å². The quantitative estimate of drug-likeness (QED) is 0.735. The first-order valence-corrected chi connectivity index (χ1v) is 7.43. The van der Waals surface area contributed by atoms with Gasteiger partial charge in [0, 0.05) is 19.8 Å². The molecule has 0 amide bonds. The van der Waals surface area contributed by atoms with Crippen molar-refractivity contribution in [3.63, 3.8) is 0 Å². The van der Waals surface area contributed by atoms with E-state index in [0.29, 0.717) is 12.0 Å². The number of ether oxygens (including phenoxy) is 1. The van der Waals surface area contributed by atoms with Gasteiger partial charge in [0.1, 0.15) is 0 Å². The lowest BCUT2D eigenvalue weighted by Gasteiger charge is -2.22. The first kappa shape index (κ1) is 16.2. The van der Waals surface area contributed by atoms with Gasteiger partial charge >= 0.3 is 0 Å². The lowest BCUT2D eigenvalue weighted by molar-refractivity contribution is 0.149. The first-order valence-electron chi connectivity index (χ1n) is 7.43. The van der Waals surface area contributed by atoms with Crippen LogP contribution in [0.1, 0.15) is 37.8 Å². The van der Waals surface area contributed by atoms with Crippen LogP contribution in [0.5, 0.6) is 0 Å². The molecule has 0 aliphatic carbocycles. The third kappa shape index (κ3) is 6.74. The fraction of sp³-hybridized carbons (Fsp3) is 0.647. The first-order chi connectivity index (χ1) is 9.15. The van der Waals surface area contributed by atoms with Crippen molar-refractivity contribution in [1.82, 2.24) is 5.32 Å². The lowest BCUT2D eigenvalue weighted by atomic mass is 9.96. The minimum Gasteiger partial charge on any atom is -0.384 e. The van der Waals surface area contributed by atoms with Crippen molar-refractivity contribution in [3.8, 4) is 0 Å². The van der Waals surface area contributed by atoms with Crippen LogP contribution in [0, 0.1) is 12.8 Å². The molecule has 2 unspecified atom stereocenters. The second kappa shape index (κ2) is 9.11. The molecule has 1 aromatic carbocycles. The van der Waals surface area contributed by atoms with Gasteiger partial charge in [-0.05, 0) is 44.2 Å². The van der Waals surface area contributed by atoms with E-state index in [-0.39, 0.29) is 0 Å². The van der Waals surface area contributed by atoms with Gasteiger partial charge in [-0.3, -0.25) is 0 Å². The average molecular weight is 263 g/mol. The fourth-order valence-corrected chi connectivity index (χ4v) is 2.55. The Bertz CT molecular complexity index is 351. The van der Waals surface area contributed by atoms with Gasteiger partial charge in [-0.25, -0.2) is 0 Å². The summed E-state index contributed by atoms with van der Waals surface area (Å²) >= 11 is 0. The van der Waals surface area contributed by atoms with Crippen LogP contribution in [0.4, 0.5) is 0 Å². The summed E-state index contributed by atoms with van der Waals surface area (Å²) in [6.07, 6.45) is 3.46. The Morgan fingerprint density at radius 1 is 1.32 bits per heavy atom. The van der Waals surface area contributed by atoms with Crippen LogP contribution in [0.3, 0.4) is 0 Å². The zero-order valence-electron chi connectivity index (χ0n) is 12.9. The molecule has 19 heavy (non-hydrogen) atoms. The normalized spacial score (nSPS) is 14.3. The largest absolute Gasteiger partial charge is 0.384 e. The third-order valence-electron chi connectivity index (χ3n) is 3.39. The van der Waals surface area contributed by atoms with Gasteiger partial charge in [0.2, 0.25) is 0 Å². The van der Waals surface area contributed by atoms with E-state index in [1.807, 2.05) is 0 Å². The smallest absolute Gasteiger partial charge is 0.0488 e. The molecule has 108 valence electrons. The number of methoxy groups -OCH3 is 1. The summed E-state index contributed by atoms with van der Waals surface area (Å²) in [5.74, 6) is 0.601. The van der Waals surface area contributed by atoms with Crippen molar-refractivity contribution in [2.45, 2.75) is 46.1 Å². The second-order valence-electron chi connectivity index (χ2n) is 5.64. The Morgan fingerprint density at radius 2 is 2.11 bits per heavy atom. The lowest BCUT2D eigenvalue weighted by Crippen LogP contribution is -2.34. The molecular formula is C17H29NO. The van der Waals surface area contributed by atoms with Gasteiger partial charge in [-0.2, -0.15) is 0 Å². The molecule has 0 heterocycles. The maximum atomic E-state index is 5.25. The van der Waals surface area contributed by atoms with E-state index >= 15 is 0 Å². The number of benzene rings is 1. The molecule has 1 aromatic rings. The predicted molar refractivity (Wildman–Crippen MR) is 82.6 cm³/mol. The molecule has 2 atom stereocenters. The highest BCUT2D eigenvalue weighted by Crippen LogP contribution is 2.13. The summed E-state index contributed by atoms with van der Waals surface area (Å²) in [5.41, 5.74) is 2.77. The number of rotatable bonds is 9. The Labute approximate surface area is 118 Å². The molecule has 0 radical (unpaired) electrons. The highest BCUT2D eigenvalue weighted by atomic mass is 16.5. The SMILES string of the molecule is CCCNC(Cc1cccc(C)c1)CC(C)COC. The number of nitrogens with one attached hydrogen (secondary N) is 1. The van der Waals surface area contributed by atoms with Crippen LogP contribution in [0.2, 0.25) is 0 Å². The summed E-state index contributed by atoms with van der Waals surface area (Å²) < 4.78 is 5.25. The minimum atomic E-state index is 0.548. The summed E-state index contributed by atoms with van der Waals surface area (Å²) in [4.78, 5) is 0. The maximum Gasteiger partial charge on any atom is 0.0488 e. The number of aryl methyl sites for hydroxylation is 1. The standard InChI is InChI=1S/C17H29NO/c1-5-9-18-17(11-15(3)13-19-4)12-16-8-6-7-14(2)10-16/h6-8,10,15,17-18H,5,9,11-13H2,1-4H3. The van der Waals surface area contributed by atoms with Crippen LogP contribution in [0.15, 0.2) is 24.3 Å². The van der Waals surface area contributed by atoms with E-state index in [2.05, 4.69) is 50.4 Å². The van der Waals surface area contributed by atoms with Gasteiger partial charge in [0.15, 0.2) is 0 Å². The summed E-state index contributed by atoms with van der Waals surface area (Å²) in [6, 6.07) is 9.38. The zero-order valence-corrected chi connectivity index (χ0v) is 12.9. The Hall–Kier alpha value is -0.860. The van der Waals surface area contributed by atoms with Crippen LogP contribution in [-0.2, 0) is 11.2 Å².